The topological polar surface area (TPSA) is 52.6 Å². The molecule has 16 heavy (non-hydrogen) atoms. The Kier molecular flexibility index (Phi) is 4.74. The summed E-state index contributed by atoms with van der Waals surface area (Å²) in [5, 5.41) is 12.3. The van der Waals surface area contributed by atoms with Crippen molar-refractivity contribution in [2.45, 2.75) is 26.7 Å². The van der Waals surface area contributed by atoms with Gasteiger partial charge >= 0.3 is 5.97 Å². The maximum Gasteiger partial charge on any atom is 0.310 e. The second kappa shape index (κ2) is 5.64. The van der Waals surface area contributed by atoms with Crippen LogP contribution in [-0.4, -0.2) is 49.2 Å². The van der Waals surface area contributed by atoms with Crippen LogP contribution in [0.15, 0.2) is 0 Å². The largest absolute Gasteiger partial charge is 0.481 e. The summed E-state index contributed by atoms with van der Waals surface area (Å²) in [4.78, 5) is 13.2. The van der Waals surface area contributed by atoms with Gasteiger partial charge in [-0.05, 0) is 59.3 Å². The number of carboxylic acids is 1. The molecule has 1 saturated heterocycles. The van der Waals surface area contributed by atoms with Crippen molar-refractivity contribution in [1.82, 2.24) is 10.2 Å². The predicted octanol–water partition coefficient (Wildman–Crippen LogP) is 1.03. The smallest absolute Gasteiger partial charge is 0.310 e. The molecule has 0 radical (unpaired) electrons. The van der Waals surface area contributed by atoms with E-state index in [0.29, 0.717) is 12.5 Å². The Hall–Kier alpha value is -0.610. The van der Waals surface area contributed by atoms with Gasteiger partial charge in [0.2, 0.25) is 0 Å². The molecule has 1 fully saturated rings. The second-order valence-corrected chi connectivity index (χ2v) is 5.57. The van der Waals surface area contributed by atoms with Crippen LogP contribution in [-0.2, 0) is 4.79 Å². The molecular formula is C12H24N2O2. The third-order valence-corrected chi connectivity index (χ3v) is 3.42. The van der Waals surface area contributed by atoms with Gasteiger partial charge in [-0.15, -0.1) is 0 Å². The molecule has 4 nitrogen and oxygen atoms in total. The molecule has 0 amide bonds. The number of aliphatic carboxylic acids is 1. The predicted molar refractivity (Wildman–Crippen MR) is 64.5 cm³/mol. The zero-order valence-corrected chi connectivity index (χ0v) is 10.6. The second-order valence-electron chi connectivity index (χ2n) is 5.57. The molecule has 0 bridgehead atoms. The Labute approximate surface area is 98.0 Å². The molecule has 0 spiro atoms. The number of hydrogen-bond acceptors (Lipinski definition) is 3. The fourth-order valence-corrected chi connectivity index (χ4v) is 1.93. The van der Waals surface area contributed by atoms with Gasteiger partial charge in [-0.3, -0.25) is 4.79 Å². The van der Waals surface area contributed by atoms with Crippen LogP contribution in [0.25, 0.3) is 0 Å². The zero-order valence-electron chi connectivity index (χ0n) is 10.6. The highest BCUT2D eigenvalue weighted by atomic mass is 16.4. The van der Waals surface area contributed by atoms with Crippen LogP contribution >= 0.6 is 0 Å². The summed E-state index contributed by atoms with van der Waals surface area (Å²) in [6, 6.07) is 0. The lowest BCUT2D eigenvalue weighted by molar-refractivity contribution is -0.146. The highest BCUT2D eigenvalue weighted by Crippen LogP contribution is 2.16. The maximum absolute atomic E-state index is 10.9. The van der Waals surface area contributed by atoms with Crippen molar-refractivity contribution in [3.63, 3.8) is 0 Å². The number of nitrogens with one attached hydrogen (secondary N) is 1. The van der Waals surface area contributed by atoms with Crippen LogP contribution in [0.2, 0.25) is 0 Å². The third-order valence-electron chi connectivity index (χ3n) is 3.42. The molecule has 0 atom stereocenters. The minimum absolute atomic E-state index is 0.550. The Morgan fingerprint density at radius 3 is 2.50 bits per heavy atom. The van der Waals surface area contributed by atoms with E-state index < -0.39 is 11.4 Å². The lowest BCUT2D eigenvalue weighted by atomic mass is 9.92. The minimum atomic E-state index is -0.733. The number of rotatable bonds is 5. The van der Waals surface area contributed by atoms with Crippen molar-refractivity contribution >= 4 is 5.97 Å². The van der Waals surface area contributed by atoms with E-state index >= 15 is 0 Å². The maximum atomic E-state index is 10.9. The van der Waals surface area contributed by atoms with Gasteiger partial charge in [-0.2, -0.15) is 0 Å². The Morgan fingerprint density at radius 1 is 1.44 bits per heavy atom. The number of carbonyl (C=O) groups is 1. The van der Waals surface area contributed by atoms with Crippen LogP contribution in [0, 0.1) is 11.3 Å². The SMILES string of the molecule is CN1CCC(CNCC(C)(C)C(=O)O)CC1. The number of piperidine rings is 1. The first-order valence-corrected chi connectivity index (χ1v) is 6.04. The number of carboxylic acid groups (broad SMARTS) is 1. The van der Waals surface area contributed by atoms with Crippen molar-refractivity contribution in [3.8, 4) is 0 Å². The lowest BCUT2D eigenvalue weighted by Gasteiger charge is -2.30. The summed E-state index contributed by atoms with van der Waals surface area (Å²) in [7, 11) is 2.15. The molecule has 4 heteroatoms. The monoisotopic (exact) mass is 228 g/mol. The molecule has 1 aliphatic heterocycles. The summed E-state index contributed by atoms with van der Waals surface area (Å²) < 4.78 is 0. The highest BCUT2D eigenvalue weighted by molar-refractivity contribution is 5.73. The first kappa shape index (κ1) is 13.5. The van der Waals surface area contributed by atoms with Crippen LogP contribution in [0.1, 0.15) is 26.7 Å². The standard InChI is InChI=1S/C12H24N2O2/c1-12(2,11(15)16)9-13-8-10-4-6-14(3)7-5-10/h10,13H,4-9H2,1-3H3,(H,15,16). The molecule has 1 rings (SSSR count). The normalized spacial score (nSPS) is 19.9. The average molecular weight is 228 g/mol. The van der Waals surface area contributed by atoms with E-state index in [2.05, 4.69) is 17.3 Å². The van der Waals surface area contributed by atoms with Crippen molar-refractivity contribution in [2.24, 2.45) is 11.3 Å². The van der Waals surface area contributed by atoms with Crippen molar-refractivity contribution in [3.05, 3.63) is 0 Å². The minimum Gasteiger partial charge on any atom is -0.481 e. The molecule has 0 aromatic heterocycles. The van der Waals surface area contributed by atoms with Gasteiger partial charge < -0.3 is 15.3 Å². The fraction of sp³-hybridized carbons (Fsp3) is 0.917. The van der Waals surface area contributed by atoms with E-state index in [1.807, 2.05) is 0 Å². The van der Waals surface area contributed by atoms with Gasteiger partial charge in [0, 0.05) is 6.54 Å². The quantitative estimate of drug-likeness (QED) is 0.738. The molecule has 94 valence electrons. The van der Waals surface area contributed by atoms with Crippen molar-refractivity contribution < 1.29 is 9.90 Å². The van der Waals surface area contributed by atoms with E-state index in [0.717, 1.165) is 19.6 Å². The first-order chi connectivity index (χ1) is 7.42. The molecule has 0 aliphatic carbocycles. The Bertz CT molecular complexity index is 233. The van der Waals surface area contributed by atoms with Gasteiger partial charge in [0.05, 0.1) is 5.41 Å². The molecule has 0 saturated carbocycles. The van der Waals surface area contributed by atoms with E-state index in [9.17, 15) is 4.79 Å². The number of nitrogens with zero attached hydrogens (tertiary/aromatic N) is 1. The van der Waals surface area contributed by atoms with Crippen molar-refractivity contribution in [1.29, 1.82) is 0 Å². The zero-order chi connectivity index (χ0) is 12.2. The average Bonchev–Trinajstić information content (AvgIpc) is 2.20. The van der Waals surface area contributed by atoms with Gasteiger partial charge in [0.1, 0.15) is 0 Å². The molecular weight excluding hydrogens is 204 g/mol. The number of likely N-dealkylation sites (tertiary alicyclic amines) is 1. The van der Waals surface area contributed by atoms with Crippen LogP contribution in [0.4, 0.5) is 0 Å². The first-order valence-electron chi connectivity index (χ1n) is 6.04. The Balaban J connectivity index is 2.18. The summed E-state index contributed by atoms with van der Waals surface area (Å²) in [5.41, 5.74) is -0.661. The summed E-state index contributed by atoms with van der Waals surface area (Å²) in [6.45, 7) is 7.34. The third kappa shape index (κ3) is 4.10. The van der Waals surface area contributed by atoms with Gasteiger partial charge in [-0.1, -0.05) is 0 Å². The van der Waals surface area contributed by atoms with Crippen LogP contribution < -0.4 is 5.32 Å². The molecule has 0 aromatic rings. The molecule has 1 aliphatic rings. The van der Waals surface area contributed by atoms with E-state index in [-0.39, 0.29) is 0 Å². The van der Waals surface area contributed by atoms with E-state index in [1.165, 1.54) is 12.8 Å². The van der Waals surface area contributed by atoms with Crippen LogP contribution in [0.3, 0.4) is 0 Å². The fourth-order valence-electron chi connectivity index (χ4n) is 1.93. The van der Waals surface area contributed by atoms with Gasteiger partial charge in [0.25, 0.3) is 0 Å². The molecule has 0 aromatic carbocycles. The lowest BCUT2D eigenvalue weighted by Crippen LogP contribution is -2.40. The van der Waals surface area contributed by atoms with E-state index in [4.69, 9.17) is 5.11 Å². The number of hydrogen-bond donors (Lipinski definition) is 2. The molecule has 1 heterocycles. The van der Waals surface area contributed by atoms with Gasteiger partial charge in [-0.25, -0.2) is 0 Å². The summed E-state index contributed by atoms with van der Waals surface area (Å²) in [6.07, 6.45) is 2.44. The van der Waals surface area contributed by atoms with Crippen molar-refractivity contribution in [2.75, 3.05) is 33.2 Å². The van der Waals surface area contributed by atoms with Crippen LogP contribution in [0.5, 0.6) is 0 Å². The van der Waals surface area contributed by atoms with E-state index in [1.54, 1.807) is 13.8 Å². The Morgan fingerprint density at radius 2 is 2.00 bits per heavy atom. The molecule has 2 N–H and O–H groups in total. The summed E-state index contributed by atoms with van der Waals surface area (Å²) in [5.74, 6) is -0.0239. The highest BCUT2D eigenvalue weighted by Gasteiger charge is 2.27. The van der Waals surface area contributed by atoms with Gasteiger partial charge in [0.15, 0.2) is 0 Å². The summed E-state index contributed by atoms with van der Waals surface area (Å²) >= 11 is 0. The molecule has 0 unspecified atom stereocenters.